The minimum atomic E-state index is -0.979. The summed E-state index contributed by atoms with van der Waals surface area (Å²) in [5.41, 5.74) is 1.09. The van der Waals surface area contributed by atoms with Crippen molar-refractivity contribution in [3.05, 3.63) is 47.7 Å². The molecule has 5 nitrogen and oxygen atoms in total. The van der Waals surface area contributed by atoms with Gasteiger partial charge in [-0.25, -0.2) is 8.78 Å². The van der Waals surface area contributed by atoms with Crippen molar-refractivity contribution in [2.45, 2.75) is 19.8 Å². The van der Waals surface area contributed by atoms with Crippen LogP contribution in [-0.4, -0.2) is 29.2 Å². The number of rotatable bonds is 3. The van der Waals surface area contributed by atoms with Crippen molar-refractivity contribution < 1.29 is 13.6 Å². The number of nitrogens with zero attached hydrogens (tertiary/aromatic N) is 3. The number of carbonyl (C=O) groups is 1. The summed E-state index contributed by atoms with van der Waals surface area (Å²) in [6.45, 7) is 3.20. The number of anilines is 2. The lowest BCUT2D eigenvalue weighted by molar-refractivity contribution is -0.120. The van der Waals surface area contributed by atoms with Crippen LogP contribution in [0.5, 0.6) is 0 Å². The van der Waals surface area contributed by atoms with Gasteiger partial charge in [-0.2, -0.15) is 5.10 Å². The van der Waals surface area contributed by atoms with E-state index in [4.69, 9.17) is 0 Å². The summed E-state index contributed by atoms with van der Waals surface area (Å²) in [4.78, 5) is 14.4. The Morgan fingerprint density at radius 3 is 2.75 bits per heavy atom. The highest BCUT2D eigenvalue weighted by Gasteiger charge is 2.27. The number of aromatic nitrogens is 2. The van der Waals surface area contributed by atoms with E-state index < -0.39 is 11.6 Å². The Labute approximate surface area is 138 Å². The normalized spacial score (nSPS) is 17.6. The SMILES string of the molecule is Cc1ccc(N2CCCC(C(=O)Nc3ccc(F)c(F)c3)C2)nn1. The second kappa shape index (κ2) is 6.90. The maximum Gasteiger partial charge on any atom is 0.229 e. The molecule has 0 radical (unpaired) electrons. The number of nitrogens with one attached hydrogen (secondary N) is 1. The molecule has 1 aliphatic rings. The van der Waals surface area contributed by atoms with Crippen molar-refractivity contribution >= 4 is 17.4 Å². The Balaban J connectivity index is 1.66. The topological polar surface area (TPSA) is 58.1 Å². The fourth-order valence-corrected chi connectivity index (χ4v) is 2.78. The molecule has 24 heavy (non-hydrogen) atoms. The van der Waals surface area contributed by atoms with Gasteiger partial charge in [0.25, 0.3) is 0 Å². The third kappa shape index (κ3) is 3.67. The number of benzene rings is 1. The molecule has 1 aromatic carbocycles. The molecule has 1 amide bonds. The van der Waals surface area contributed by atoms with Gasteiger partial charge in [0.1, 0.15) is 0 Å². The van der Waals surface area contributed by atoms with Crippen molar-refractivity contribution in [3.8, 4) is 0 Å². The number of halogens is 2. The first-order valence-electron chi connectivity index (χ1n) is 7.84. The van der Waals surface area contributed by atoms with Gasteiger partial charge in [-0.05, 0) is 44.0 Å². The van der Waals surface area contributed by atoms with Gasteiger partial charge in [0.2, 0.25) is 5.91 Å². The first kappa shape index (κ1) is 16.3. The molecule has 0 spiro atoms. The Bertz CT molecular complexity index is 736. The molecule has 3 rings (SSSR count). The van der Waals surface area contributed by atoms with Crippen LogP contribution in [0, 0.1) is 24.5 Å². The van der Waals surface area contributed by atoms with E-state index in [0.29, 0.717) is 6.54 Å². The van der Waals surface area contributed by atoms with Gasteiger partial charge in [-0.15, -0.1) is 5.10 Å². The Morgan fingerprint density at radius 2 is 2.04 bits per heavy atom. The summed E-state index contributed by atoms with van der Waals surface area (Å²) in [5.74, 6) is -1.62. The van der Waals surface area contributed by atoms with E-state index in [1.165, 1.54) is 6.07 Å². The lowest BCUT2D eigenvalue weighted by Crippen LogP contribution is -2.41. The summed E-state index contributed by atoms with van der Waals surface area (Å²) < 4.78 is 26.2. The highest BCUT2D eigenvalue weighted by Crippen LogP contribution is 2.23. The summed E-state index contributed by atoms with van der Waals surface area (Å²) in [7, 11) is 0. The molecule has 1 unspecified atom stereocenters. The van der Waals surface area contributed by atoms with Gasteiger partial charge in [0, 0.05) is 24.8 Å². The van der Waals surface area contributed by atoms with Crippen molar-refractivity contribution in [3.63, 3.8) is 0 Å². The molecule has 1 aliphatic heterocycles. The van der Waals surface area contributed by atoms with Gasteiger partial charge in [0.15, 0.2) is 17.5 Å². The third-order valence-corrected chi connectivity index (χ3v) is 4.09. The second-order valence-electron chi connectivity index (χ2n) is 5.94. The summed E-state index contributed by atoms with van der Waals surface area (Å²) >= 11 is 0. The van der Waals surface area contributed by atoms with E-state index in [1.807, 2.05) is 24.0 Å². The van der Waals surface area contributed by atoms with Crippen LogP contribution >= 0.6 is 0 Å². The van der Waals surface area contributed by atoms with Crippen molar-refractivity contribution in [2.75, 3.05) is 23.3 Å². The quantitative estimate of drug-likeness (QED) is 0.939. The highest BCUT2D eigenvalue weighted by atomic mass is 19.2. The molecular weight excluding hydrogens is 314 g/mol. The summed E-state index contributed by atoms with van der Waals surface area (Å²) in [6, 6.07) is 7.10. The van der Waals surface area contributed by atoms with Gasteiger partial charge >= 0.3 is 0 Å². The lowest BCUT2D eigenvalue weighted by Gasteiger charge is -2.32. The van der Waals surface area contributed by atoms with Gasteiger partial charge in [0.05, 0.1) is 11.6 Å². The fraction of sp³-hybridized carbons (Fsp3) is 0.353. The van der Waals surface area contributed by atoms with E-state index in [9.17, 15) is 13.6 Å². The monoisotopic (exact) mass is 332 g/mol. The summed E-state index contributed by atoms with van der Waals surface area (Å²) in [6.07, 6.45) is 1.59. The zero-order chi connectivity index (χ0) is 17.1. The second-order valence-corrected chi connectivity index (χ2v) is 5.94. The maximum atomic E-state index is 13.2. The highest BCUT2D eigenvalue weighted by molar-refractivity contribution is 5.93. The van der Waals surface area contributed by atoms with Crippen LogP contribution in [0.2, 0.25) is 0 Å². The minimum Gasteiger partial charge on any atom is -0.354 e. The molecule has 2 aromatic rings. The van der Waals surface area contributed by atoms with Crippen molar-refractivity contribution in [1.82, 2.24) is 10.2 Å². The first-order valence-corrected chi connectivity index (χ1v) is 7.84. The van der Waals surface area contributed by atoms with Crippen molar-refractivity contribution in [2.24, 2.45) is 5.92 Å². The Morgan fingerprint density at radius 1 is 1.21 bits per heavy atom. The molecule has 7 heteroatoms. The predicted octanol–water partition coefficient (Wildman–Crippen LogP) is 2.92. The molecule has 2 heterocycles. The van der Waals surface area contributed by atoms with Crippen LogP contribution in [0.15, 0.2) is 30.3 Å². The van der Waals surface area contributed by atoms with E-state index in [-0.39, 0.29) is 17.5 Å². The molecule has 126 valence electrons. The number of amides is 1. The number of piperidine rings is 1. The zero-order valence-corrected chi connectivity index (χ0v) is 13.3. The smallest absolute Gasteiger partial charge is 0.229 e. The van der Waals surface area contributed by atoms with Crippen LogP contribution in [0.25, 0.3) is 0 Å². The number of hydrogen-bond donors (Lipinski definition) is 1. The maximum absolute atomic E-state index is 13.2. The fourth-order valence-electron chi connectivity index (χ4n) is 2.78. The minimum absolute atomic E-state index is 0.203. The average molecular weight is 332 g/mol. The Hall–Kier alpha value is -2.57. The van der Waals surface area contributed by atoms with Crippen molar-refractivity contribution in [1.29, 1.82) is 0 Å². The lowest BCUT2D eigenvalue weighted by atomic mass is 9.97. The molecule has 0 saturated carbocycles. The number of aryl methyl sites for hydroxylation is 1. The van der Waals surface area contributed by atoms with E-state index in [2.05, 4.69) is 15.5 Å². The van der Waals surface area contributed by atoms with Gasteiger partial charge in [-0.1, -0.05) is 0 Å². The van der Waals surface area contributed by atoms with E-state index in [0.717, 1.165) is 43.0 Å². The summed E-state index contributed by atoms with van der Waals surface area (Å²) in [5, 5.41) is 10.8. The molecular formula is C17H18F2N4O. The molecule has 1 aromatic heterocycles. The van der Waals surface area contributed by atoms with E-state index >= 15 is 0 Å². The van der Waals surface area contributed by atoms with Crippen LogP contribution < -0.4 is 10.2 Å². The van der Waals surface area contributed by atoms with Crippen LogP contribution in [0.1, 0.15) is 18.5 Å². The largest absolute Gasteiger partial charge is 0.354 e. The average Bonchev–Trinajstić information content (AvgIpc) is 2.59. The molecule has 1 saturated heterocycles. The van der Waals surface area contributed by atoms with Crippen LogP contribution in [-0.2, 0) is 4.79 Å². The molecule has 0 bridgehead atoms. The predicted molar refractivity (Wildman–Crippen MR) is 86.7 cm³/mol. The zero-order valence-electron chi connectivity index (χ0n) is 13.3. The van der Waals surface area contributed by atoms with E-state index in [1.54, 1.807) is 0 Å². The Kier molecular flexibility index (Phi) is 4.69. The number of hydrogen-bond acceptors (Lipinski definition) is 4. The molecule has 1 atom stereocenters. The number of carbonyl (C=O) groups excluding carboxylic acids is 1. The standard InChI is InChI=1S/C17H18F2N4O/c1-11-4-7-16(22-21-11)23-8-2-3-12(10-23)17(24)20-13-5-6-14(18)15(19)9-13/h4-7,9,12H,2-3,8,10H2,1H3,(H,20,24). The van der Waals surface area contributed by atoms with Gasteiger partial charge < -0.3 is 10.2 Å². The van der Waals surface area contributed by atoms with Crippen LogP contribution in [0.4, 0.5) is 20.3 Å². The first-order chi connectivity index (χ1) is 11.5. The molecule has 0 aliphatic carbocycles. The third-order valence-electron chi connectivity index (χ3n) is 4.09. The molecule has 1 fully saturated rings. The van der Waals surface area contributed by atoms with Gasteiger partial charge in [-0.3, -0.25) is 4.79 Å². The molecule has 1 N–H and O–H groups in total. The van der Waals surface area contributed by atoms with Crippen LogP contribution in [0.3, 0.4) is 0 Å².